The van der Waals surface area contributed by atoms with Gasteiger partial charge in [-0.2, -0.15) is 5.26 Å². The Hall–Kier alpha value is -2.43. The Bertz CT molecular complexity index is 638. The Labute approximate surface area is 116 Å². The Morgan fingerprint density at radius 1 is 1.30 bits per heavy atom. The number of ether oxygens (including phenoxy) is 1. The second-order valence-electron chi connectivity index (χ2n) is 4.12. The van der Waals surface area contributed by atoms with Gasteiger partial charge in [0.2, 0.25) is 5.69 Å². The molecule has 20 heavy (non-hydrogen) atoms. The monoisotopic (exact) mass is 269 g/mol. The zero-order valence-electron chi connectivity index (χ0n) is 10.8. The highest BCUT2D eigenvalue weighted by molar-refractivity contribution is 6.58. The highest BCUT2D eigenvalue weighted by Gasteiger charge is 2.11. The van der Waals surface area contributed by atoms with E-state index in [0.717, 1.165) is 5.56 Å². The van der Waals surface area contributed by atoms with Gasteiger partial charge in [0.05, 0.1) is 19.0 Å². The summed E-state index contributed by atoms with van der Waals surface area (Å²) in [5, 5.41) is 26.9. The van der Waals surface area contributed by atoms with Gasteiger partial charge in [0.25, 0.3) is 5.88 Å². The fourth-order valence-corrected chi connectivity index (χ4v) is 1.73. The largest absolute Gasteiger partial charge is 0.488 e. The maximum Gasteiger partial charge on any atom is 0.488 e. The Morgan fingerprint density at radius 2 is 2.00 bits per heavy atom. The van der Waals surface area contributed by atoms with E-state index in [-0.39, 0.29) is 11.6 Å². The van der Waals surface area contributed by atoms with E-state index < -0.39 is 7.12 Å². The van der Waals surface area contributed by atoms with Crippen molar-refractivity contribution in [3.8, 4) is 11.9 Å². The fraction of sp³-hybridized carbons (Fsp3) is 0.154. The average molecular weight is 269 g/mol. The van der Waals surface area contributed by atoms with Crippen LogP contribution >= 0.6 is 0 Å². The number of rotatable bonds is 4. The molecule has 0 atom stereocenters. The summed E-state index contributed by atoms with van der Waals surface area (Å²) < 4.78 is 5.00. The fourth-order valence-electron chi connectivity index (χ4n) is 1.73. The molecular formula is C13H12BN3O3. The summed E-state index contributed by atoms with van der Waals surface area (Å²) in [5.74, 6) is 0.201. The number of nitrogens with zero attached hydrogens (tertiary/aromatic N) is 3. The smallest absolute Gasteiger partial charge is 0.479 e. The molecule has 0 radical (unpaired) electrons. The minimum absolute atomic E-state index is 0.148. The standard InChI is InChI=1S/C13H12BN3O3/c1-20-13-12(7-15)16-8-11(17-13)6-9-2-4-10(5-3-9)14(18)19/h2-5,8,18-19H,6H2,1H3. The molecule has 1 heterocycles. The lowest BCUT2D eigenvalue weighted by atomic mass is 9.80. The van der Waals surface area contributed by atoms with Gasteiger partial charge in [0, 0.05) is 6.42 Å². The molecule has 2 N–H and O–H groups in total. The lowest BCUT2D eigenvalue weighted by Gasteiger charge is -2.05. The third kappa shape index (κ3) is 3.12. The van der Waals surface area contributed by atoms with Crippen LogP contribution in [0.25, 0.3) is 0 Å². The molecule has 0 bridgehead atoms. The van der Waals surface area contributed by atoms with E-state index in [1.165, 1.54) is 13.3 Å². The SMILES string of the molecule is COc1nc(Cc2ccc(B(O)O)cc2)cnc1C#N. The van der Waals surface area contributed by atoms with Crippen LogP contribution in [0.2, 0.25) is 0 Å². The van der Waals surface area contributed by atoms with Crippen LogP contribution in [0.1, 0.15) is 17.0 Å². The molecule has 2 aromatic rings. The van der Waals surface area contributed by atoms with Gasteiger partial charge in [0.15, 0.2) is 0 Å². The predicted molar refractivity (Wildman–Crippen MR) is 72.4 cm³/mol. The molecule has 0 saturated carbocycles. The molecule has 1 aromatic carbocycles. The minimum atomic E-state index is -1.47. The summed E-state index contributed by atoms with van der Waals surface area (Å²) in [7, 11) is -0.0367. The topological polar surface area (TPSA) is 99.3 Å². The van der Waals surface area contributed by atoms with E-state index in [9.17, 15) is 0 Å². The van der Waals surface area contributed by atoms with E-state index >= 15 is 0 Å². The van der Waals surface area contributed by atoms with Gasteiger partial charge in [-0.3, -0.25) is 0 Å². The first kappa shape index (κ1) is 14.0. The Kier molecular flexibility index (Phi) is 4.30. The molecule has 0 aliphatic heterocycles. The number of hydrogen-bond donors (Lipinski definition) is 2. The molecule has 0 amide bonds. The number of nitriles is 1. The molecule has 0 saturated heterocycles. The number of benzene rings is 1. The maximum absolute atomic E-state index is 9.02. The van der Waals surface area contributed by atoms with Gasteiger partial charge < -0.3 is 14.8 Å². The second kappa shape index (κ2) is 6.15. The second-order valence-corrected chi connectivity index (χ2v) is 4.12. The van der Waals surface area contributed by atoms with Crippen molar-refractivity contribution in [3.05, 3.63) is 47.4 Å². The third-order valence-corrected chi connectivity index (χ3v) is 2.75. The summed E-state index contributed by atoms with van der Waals surface area (Å²) >= 11 is 0. The molecule has 0 unspecified atom stereocenters. The van der Waals surface area contributed by atoms with Gasteiger partial charge in [-0.1, -0.05) is 24.3 Å². The van der Waals surface area contributed by atoms with Crippen molar-refractivity contribution in [2.75, 3.05) is 7.11 Å². The number of hydrogen-bond acceptors (Lipinski definition) is 6. The van der Waals surface area contributed by atoms with Crippen molar-refractivity contribution in [3.63, 3.8) is 0 Å². The molecule has 1 aromatic heterocycles. The molecule has 0 fully saturated rings. The predicted octanol–water partition coefficient (Wildman–Crippen LogP) is -0.373. The molecule has 0 aliphatic rings. The van der Waals surface area contributed by atoms with Gasteiger partial charge in [0.1, 0.15) is 6.07 Å². The number of aromatic nitrogens is 2. The molecule has 2 rings (SSSR count). The van der Waals surface area contributed by atoms with Crippen LogP contribution in [-0.2, 0) is 6.42 Å². The highest BCUT2D eigenvalue weighted by atomic mass is 16.5. The first-order valence-corrected chi connectivity index (χ1v) is 5.89. The van der Waals surface area contributed by atoms with Crippen molar-refractivity contribution in [1.82, 2.24) is 9.97 Å². The third-order valence-electron chi connectivity index (χ3n) is 2.75. The van der Waals surface area contributed by atoms with Crippen molar-refractivity contribution >= 4 is 12.6 Å². The summed E-state index contributed by atoms with van der Waals surface area (Å²) in [5.41, 5.74) is 2.18. The van der Waals surface area contributed by atoms with Gasteiger partial charge >= 0.3 is 7.12 Å². The van der Waals surface area contributed by atoms with E-state index in [4.69, 9.17) is 20.0 Å². The van der Waals surface area contributed by atoms with Crippen molar-refractivity contribution in [1.29, 1.82) is 5.26 Å². The van der Waals surface area contributed by atoms with E-state index in [2.05, 4.69) is 9.97 Å². The summed E-state index contributed by atoms with van der Waals surface area (Å²) in [6, 6.07) is 8.73. The maximum atomic E-state index is 9.02. The van der Waals surface area contributed by atoms with Gasteiger partial charge in [-0.15, -0.1) is 0 Å². The first-order valence-electron chi connectivity index (χ1n) is 5.89. The molecule has 0 spiro atoms. The van der Waals surface area contributed by atoms with Crippen LogP contribution in [0.15, 0.2) is 30.5 Å². The van der Waals surface area contributed by atoms with Crippen molar-refractivity contribution in [2.45, 2.75) is 6.42 Å². The summed E-state index contributed by atoms with van der Waals surface area (Å²) in [6.07, 6.45) is 2.03. The minimum Gasteiger partial charge on any atom is -0.479 e. The van der Waals surface area contributed by atoms with Crippen LogP contribution < -0.4 is 10.2 Å². The zero-order valence-corrected chi connectivity index (χ0v) is 10.8. The van der Waals surface area contributed by atoms with Crippen LogP contribution in [0.4, 0.5) is 0 Å². The van der Waals surface area contributed by atoms with Crippen LogP contribution in [0, 0.1) is 11.3 Å². The van der Waals surface area contributed by atoms with Crippen molar-refractivity contribution < 1.29 is 14.8 Å². The van der Waals surface area contributed by atoms with Crippen LogP contribution in [0.5, 0.6) is 5.88 Å². The van der Waals surface area contributed by atoms with E-state index in [1.54, 1.807) is 24.3 Å². The first-order chi connectivity index (χ1) is 9.63. The Balaban J connectivity index is 2.20. The molecule has 6 nitrogen and oxygen atoms in total. The lowest BCUT2D eigenvalue weighted by Crippen LogP contribution is -2.29. The average Bonchev–Trinajstić information content (AvgIpc) is 2.47. The normalized spacial score (nSPS) is 9.90. The quantitative estimate of drug-likeness (QED) is 0.734. The molecule has 7 heteroatoms. The lowest BCUT2D eigenvalue weighted by molar-refractivity contribution is 0.392. The van der Waals surface area contributed by atoms with Gasteiger partial charge in [-0.05, 0) is 11.0 Å². The van der Waals surface area contributed by atoms with E-state index in [1.807, 2.05) is 6.07 Å². The molecule has 0 aliphatic carbocycles. The van der Waals surface area contributed by atoms with Crippen molar-refractivity contribution in [2.24, 2.45) is 0 Å². The summed E-state index contributed by atoms with van der Waals surface area (Å²) in [4.78, 5) is 8.19. The molecular weight excluding hydrogens is 257 g/mol. The van der Waals surface area contributed by atoms with E-state index in [0.29, 0.717) is 17.6 Å². The highest BCUT2D eigenvalue weighted by Crippen LogP contribution is 2.13. The number of methoxy groups -OCH3 is 1. The van der Waals surface area contributed by atoms with Gasteiger partial charge in [-0.25, -0.2) is 9.97 Å². The zero-order chi connectivity index (χ0) is 14.5. The van der Waals surface area contributed by atoms with Crippen LogP contribution in [-0.4, -0.2) is 34.2 Å². The summed E-state index contributed by atoms with van der Waals surface area (Å²) in [6.45, 7) is 0. The molecule has 100 valence electrons. The van der Waals surface area contributed by atoms with Crippen LogP contribution in [0.3, 0.4) is 0 Å². The Morgan fingerprint density at radius 3 is 2.55 bits per heavy atom.